The fraction of sp³-hybridized carbons (Fsp3) is 0.562. The highest BCUT2D eigenvalue weighted by Crippen LogP contribution is 2.43. The lowest BCUT2D eigenvalue weighted by Gasteiger charge is -2.20. The first-order chi connectivity index (χ1) is 29.1. The zero-order valence-electron chi connectivity index (χ0n) is 36.5. The number of phosphoric ester groups is 1. The van der Waals surface area contributed by atoms with E-state index in [1.54, 1.807) is 0 Å². The lowest BCUT2D eigenvalue weighted by molar-refractivity contribution is -0.161. The molecule has 11 nitrogen and oxygen atoms in total. The molecule has 0 rings (SSSR count). The summed E-state index contributed by atoms with van der Waals surface area (Å²) in [4.78, 5) is 45.9. The van der Waals surface area contributed by atoms with Crippen LogP contribution >= 0.6 is 7.82 Å². The molecule has 338 valence electrons. The van der Waals surface area contributed by atoms with Gasteiger partial charge in [-0.05, 0) is 89.9 Å². The maximum Gasteiger partial charge on any atom is 0.472 e. The fourth-order valence-corrected chi connectivity index (χ4v) is 5.87. The predicted molar refractivity (Wildman–Crippen MR) is 244 cm³/mol. The molecule has 4 N–H and O–H groups in total. The number of carboxylic acids is 1. The maximum atomic E-state index is 12.6. The van der Waals surface area contributed by atoms with E-state index in [4.69, 9.17) is 24.8 Å². The van der Waals surface area contributed by atoms with Crippen LogP contribution in [0.2, 0.25) is 0 Å². The molecule has 0 radical (unpaired) electrons. The molecule has 0 amide bonds. The Morgan fingerprint density at radius 1 is 0.533 bits per heavy atom. The fourth-order valence-electron chi connectivity index (χ4n) is 5.10. The van der Waals surface area contributed by atoms with Gasteiger partial charge in [0, 0.05) is 12.8 Å². The van der Waals surface area contributed by atoms with Gasteiger partial charge in [0.05, 0.1) is 13.2 Å². The van der Waals surface area contributed by atoms with Gasteiger partial charge in [-0.15, -0.1) is 0 Å². The number of hydrogen-bond acceptors (Lipinski definition) is 9. The summed E-state index contributed by atoms with van der Waals surface area (Å²) in [6.45, 7) is 2.54. The van der Waals surface area contributed by atoms with E-state index < -0.39 is 57.7 Å². The average Bonchev–Trinajstić information content (AvgIpc) is 3.22. The quantitative estimate of drug-likeness (QED) is 0.0232. The van der Waals surface area contributed by atoms with Gasteiger partial charge in [-0.2, -0.15) is 0 Å². The van der Waals surface area contributed by atoms with Crippen LogP contribution in [0.5, 0.6) is 0 Å². The Labute approximate surface area is 361 Å². The van der Waals surface area contributed by atoms with E-state index in [0.717, 1.165) is 77.0 Å². The summed E-state index contributed by atoms with van der Waals surface area (Å²) in [6.07, 6.45) is 54.5. The van der Waals surface area contributed by atoms with Crippen LogP contribution in [0.25, 0.3) is 0 Å². The number of rotatable bonds is 39. The molecule has 0 bridgehead atoms. The third-order valence-electron chi connectivity index (χ3n) is 8.52. The molecule has 0 saturated carbocycles. The highest BCUT2D eigenvalue weighted by molar-refractivity contribution is 7.47. The molecular weight excluding hydrogens is 781 g/mol. The third kappa shape index (κ3) is 40.9. The largest absolute Gasteiger partial charge is 0.480 e. The van der Waals surface area contributed by atoms with Gasteiger partial charge in [0.2, 0.25) is 0 Å². The van der Waals surface area contributed by atoms with Gasteiger partial charge >= 0.3 is 25.7 Å². The number of carboxylic acid groups (broad SMARTS) is 1. The summed E-state index contributed by atoms with van der Waals surface area (Å²) in [5.74, 6) is -2.53. The Hall–Kier alpha value is -3.86. The summed E-state index contributed by atoms with van der Waals surface area (Å²) in [5, 5.41) is 8.89. The molecule has 0 aliphatic rings. The molecule has 0 saturated heterocycles. The van der Waals surface area contributed by atoms with Crippen LogP contribution in [-0.2, 0) is 37.5 Å². The summed E-state index contributed by atoms with van der Waals surface area (Å²) >= 11 is 0. The molecule has 60 heavy (non-hydrogen) atoms. The first-order valence-electron chi connectivity index (χ1n) is 21.9. The SMILES string of the molecule is CC/C=C\C/C=C\C/C=C\C/C=C\C/C=C\C/C=C\CCC(=O)O[C@H](COC(=O)CCCCCC/C=C\C/C=C\C/C=C\CCCCC)COP(=O)(O)OC[C@H](N)C(=O)O. The lowest BCUT2D eigenvalue weighted by atomic mass is 10.1. The molecule has 0 aromatic carbocycles. The molecule has 0 spiro atoms. The van der Waals surface area contributed by atoms with Crippen LogP contribution in [0.4, 0.5) is 0 Å². The highest BCUT2D eigenvalue weighted by atomic mass is 31.2. The van der Waals surface area contributed by atoms with E-state index in [1.165, 1.54) is 19.3 Å². The lowest BCUT2D eigenvalue weighted by Crippen LogP contribution is -2.34. The number of esters is 2. The minimum atomic E-state index is -4.75. The second-order valence-electron chi connectivity index (χ2n) is 14.1. The van der Waals surface area contributed by atoms with Gasteiger partial charge < -0.3 is 25.2 Å². The van der Waals surface area contributed by atoms with Gasteiger partial charge in [0.1, 0.15) is 12.6 Å². The van der Waals surface area contributed by atoms with E-state index in [2.05, 4.69) is 110 Å². The second kappa shape index (κ2) is 41.9. The van der Waals surface area contributed by atoms with Crippen molar-refractivity contribution in [1.29, 1.82) is 0 Å². The first kappa shape index (κ1) is 56.1. The van der Waals surface area contributed by atoms with Crippen LogP contribution in [0.15, 0.2) is 109 Å². The average molecular weight is 858 g/mol. The smallest absolute Gasteiger partial charge is 0.472 e. The number of nitrogens with two attached hydrogens (primary N) is 1. The number of aliphatic carboxylic acids is 1. The molecule has 0 aliphatic heterocycles. The van der Waals surface area contributed by atoms with Crippen molar-refractivity contribution in [1.82, 2.24) is 0 Å². The van der Waals surface area contributed by atoms with Gasteiger partial charge in [0.25, 0.3) is 0 Å². The van der Waals surface area contributed by atoms with Crippen LogP contribution in [0, 0.1) is 0 Å². The van der Waals surface area contributed by atoms with E-state index in [-0.39, 0.29) is 12.8 Å². The topological polar surface area (TPSA) is 172 Å². The van der Waals surface area contributed by atoms with Gasteiger partial charge in [-0.25, -0.2) is 4.57 Å². The summed E-state index contributed by atoms with van der Waals surface area (Å²) in [6, 6.07) is -1.54. The molecule has 0 heterocycles. The zero-order valence-corrected chi connectivity index (χ0v) is 37.4. The van der Waals surface area contributed by atoms with Crippen molar-refractivity contribution in [3.8, 4) is 0 Å². The Balaban J connectivity index is 4.56. The maximum absolute atomic E-state index is 12.6. The third-order valence-corrected chi connectivity index (χ3v) is 9.47. The number of hydrogen-bond donors (Lipinski definition) is 3. The van der Waals surface area contributed by atoms with Crippen LogP contribution < -0.4 is 5.73 Å². The molecule has 12 heteroatoms. The van der Waals surface area contributed by atoms with Crippen LogP contribution in [0.3, 0.4) is 0 Å². The normalized spacial score (nSPS) is 14.7. The number of allylic oxidation sites excluding steroid dienone is 18. The van der Waals surface area contributed by atoms with Gasteiger partial charge in [-0.3, -0.25) is 23.4 Å². The van der Waals surface area contributed by atoms with E-state index in [0.29, 0.717) is 19.3 Å². The van der Waals surface area contributed by atoms with Crippen molar-refractivity contribution in [3.63, 3.8) is 0 Å². The van der Waals surface area contributed by atoms with Crippen LogP contribution in [0.1, 0.15) is 142 Å². The van der Waals surface area contributed by atoms with E-state index >= 15 is 0 Å². The molecule has 3 atom stereocenters. The van der Waals surface area contributed by atoms with Crippen LogP contribution in [-0.4, -0.2) is 59.9 Å². The molecule has 1 unspecified atom stereocenters. The summed E-state index contributed by atoms with van der Waals surface area (Å²) in [5.41, 5.74) is 5.33. The molecule has 0 aromatic rings. The predicted octanol–water partition coefficient (Wildman–Crippen LogP) is 11.8. The first-order valence-corrected chi connectivity index (χ1v) is 23.4. The molecule has 0 aliphatic carbocycles. The van der Waals surface area contributed by atoms with Crippen molar-refractivity contribution in [3.05, 3.63) is 109 Å². The van der Waals surface area contributed by atoms with Gasteiger partial charge in [0.15, 0.2) is 6.10 Å². The molecule has 0 aromatic heterocycles. The number of carbonyl (C=O) groups is 3. The highest BCUT2D eigenvalue weighted by Gasteiger charge is 2.28. The Morgan fingerprint density at radius 2 is 0.967 bits per heavy atom. The Morgan fingerprint density at radius 3 is 1.45 bits per heavy atom. The van der Waals surface area contributed by atoms with Gasteiger partial charge in [-0.1, -0.05) is 149 Å². The number of carbonyl (C=O) groups excluding carboxylic acids is 2. The van der Waals surface area contributed by atoms with Crippen molar-refractivity contribution in [2.24, 2.45) is 5.73 Å². The summed E-state index contributed by atoms with van der Waals surface area (Å²) < 4.78 is 32.6. The standard InChI is InChI=1S/C48H76NO10P/c1-3-5-7-9-11-13-15-17-19-21-22-24-26-28-30-32-34-36-38-40-47(51)59-44(42-57-60(54,55)58-43-45(49)48(52)53)41-56-46(50)39-37-35-33-31-29-27-25-23-20-18-16-14-12-10-8-6-4-2/h5,7,11-14,17-20,22,24-25,27-28,30,34,36,44-45H,3-4,6,8-10,15-16,21,23,26,29,31-33,35,37-43,49H2,1-2H3,(H,52,53)(H,54,55)/b7-5-,13-11-,14-12-,19-17-,20-18-,24-22-,27-25-,30-28-,36-34-/t44-,45+/m1/s1. The van der Waals surface area contributed by atoms with E-state index in [1.807, 2.05) is 18.2 Å². The minimum Gasteiger partial charge on any atom is -0.480 e. The zero-order chi connectivity index (χ0) is 44.2. The monoisotopic (exact) mass is 858 g/mol. The van der Waals surface area contributed by atoms with Crippen molar-refractivity contribution in [2.45, 2.75) is 154 Å². The van der Waals surface area contributed by atoms with Crippen molar-refractivity contribution >= 4 is 25.7 Å². The van der Waals surface area contributed by atoms with E-state index in [9.17, 15) is 23.8 Å². The number of phosphoric acid groups is 1. The molecule has 0 fully saturated rings. The minimum absolute atomic E-state index is 0.0239. The van der Waals surface area contributed by atoms with Crippen molar-refractivity contribution < 1.29 is 47.5 Å². The summed E-state index contributed by atoms with van der Waals surface area (Å²) in [7, 11) is -4.75. The van der Waals surface area contributed by atoms with Crippen molar-refractivity contribution in [2.75, 3.05) is 19.8 Å². The second-order valence-corrected chi connectivity index (χ2v) is 15.5. The number of ether oxygens (including phenoxy) is 2. The Bertz CT molecular complexity index is 1430. The Kier molecular flexibility index (Phi) is 39.2. The number of unbranched alkanes of at least 4 members (excludes halogenated alkanes) is 7. The molecular formula is C48H76NO10P.